The first-order chi connectivity index (χ1) is 12.1. The number of hydrogen-bond acceptors (Lipinski definition) is 4. The number of methoxy groups -OCH3 is 2. The molecule has 0 radical (unpaired) electrons. The molecule has 7 nitrogen and oxygen atoms in total. The van der Waals surface area contributed by atoms with Gasteiger partial charge < -0.3 is 19.9 Å². The average molecular weight is 343 g/mol. The van der Waals surface area contributed by atoms with Crippen molar-refractivity contribution >= 4 is 18.1 Å². The van der Waals surface area contributed by atoms with Gasteiger partial charge in [-0.2, -0.15) is 4.79 Å². The summed E-state index contributed by atoms with van der Waals surface area (Å²) < 4.78 is 10.1. The molecule has 0 aliphatic heterocycles. The van der Waals surface area contributed by atoms with Gasteiger partial charge in [0.05, 0.1) is 14.2 Å². The average Bonchev–Trinajstić information content (AvgIpc) is 2.66. The summed E-state index contributed by atoms with van der Waals surface area (Å²) in [5, 5.41) is 0. The zero-order valence-corrected chi connectivity index (χ0v) is 14.3. The fraction of sp³-hybridized carbons (Fsp3) is 0.389. The zero-order valence-electron chi connectivity index (χ0n) is 14.3. The molecule has 0 bridgehead atoms. The van der Waals surface area contributed by atoms with Crippen LogP contribution in [-0.2, 0) is 20.9 Å². The topological polar surface area (TPSA) is 92.2 Å². The van der Waals surface area contributed by atoms with Gasteiger partial charge in [-0.05, 0) is 37.0 Å². The number of esters is 1. The third-order valence-corrected chi connectivity index (χ3v) is 4.28. The van der Waals surface area contributed by atoms with E-state index in [0.717, 1.165) is 24.6 Å². The second kappa shape index (κ2) is 8.26. The van der Waals surface area contributed by atoms with Crippen molar-refractivity contribution in [2.45, 2.75) is 31.3 Å². The first-order valence-electron chi connectivity index (χ1n) is 7.95. The molecule has 0 saturated heterocycles. The first-order valence-corrected chi connectivity index (χ1v) is 7.95. The van der Waals surface area contributed by atoms with Gasteiger partial charge in [0.1, 0.15) is 5.75 Å². The summed E-state index contributed by atoms with van der Waals surface area (Å²) in [5.74, 6) is -0.397. The van der Waals surface area contributed by atoms with E-state index in [1.807, 2.05) is 18.2 Å². The van der Waals surface area contributed by atoms with Crippen LogP contribution in [0.5, 0.6) is 5.75 Å². The Labute approximate surface area is 146 Å². The number of benzene rings is 1. The van der Waals surface area contributed by atoms with Gasteiger partial charge in [0.2, 0.25) is 0 Å². The van der Waals surface area contributed by atoms with Crippen molar-refractivity contribution < 1.29 is 23.9 Å². The third kappa shape index (κ3) is 3.95. The van der Waals surface area contributed by atoms with Crippen LogP contribution in [0.25, 0.3) is 5.53 Å². The van der Waals surface area contributed by atoms with Crippen molar-refractivity contribution in [1.29, 1.82) is 0 Å². The zero-order chi connectivity index (χ0) is 18.3. The molecule has 0 fully saturated rings. The van der Waals surface area contributed by atoms with Crippen LogP contribution in [0.4, 0.5) is 0 Å². The lowest BCUT2D eigenvalue weighted by molar-refractivity contribution is -0.158. The fourth-order valence-corrected chi connectivity index (χ4v) is 2.98. The summed E-state index contributed by atoms with van der Waals surface area (Å²) in [7, 11) is 2.87. The van der Waals surface area contributed by atoms with E-state index in [1.165, 1.54) is 12.0 Å². The Kier molecular flexibility index (Phi) is 6.08. The van der Waals surface area contributed by atoms with Crippen LogP contribution >= 0.6 is 0 Å². The maximum atomic E-state index is 12.5. The van der Waals surface area contributed by atoms with Gasteiger partial charge >= 0.3 is 18.1 Å². The van der Waals surface area contributed by atoms with Crippen molar-refractivity contribution in [3.05, 3.63) is 47.5 Å². The monoisotopic (exact) mass is 343 g/mol. The molecule has 0 N–H and O–H groups in total. The molecule has 1 aromatic rings. The molecule has 0 heterocycles. The highest BCUT2D eigenvalue weighted by Crippen LogP contribution is 2.32. The predicted molar refractivity (Wildman–Crippen MR) is 91.0 cm³/mol. The van der Waals surface area contributed by atoms with Crippen LogP contribution in [0, 0.1) is 0 Å². The summed E-state index contributed by atoms with van der Waals surface area (Å²) in [6.07, 6.45) is 6.37. The van der Waals surface area contributed by atoms with Crippen LogP contribution in [0.3, 0.4) is 0 Å². The lowest BCUT2D eigenvalue weighted by Gasteiger charge is -2.39. The van der Waals surface area contributed by atoms with Crippen LogP contribution < -0.4 is 4.74 Å². The fourth-order valence-electron chi connectivity index (χ4n) is 2.98. The number of allylic oxidation sites excluding steroid dienone is 1. The van der Waals surface area contributed by atoms with E-state index in [9.17, 15) is 9.59 Å². The summed E-state index contributed by atoms with van der Waals surface area (Å²) in [4.78, 5) is 29.3. The number of carbonyl (C=O) groups excluding carboxylic acids is 2. The molecule has 0 spiro atoms. The standard InChI is InChI=1S/C18H21N3O4/c1-24-15-8-6-14(7-9-15)13-21(16(22)12-20-19)18(17(23)25-2)10-4-3-5-11-18/h4,6-10,12H,3,5,11,13H2,1-2H3/t18-/m1/s1. The molecule has 1 atom stereocenters. The van der Waals surface area contributed by atoms with Gasteiger partial charge in [-0.15, -0.1) is 0 Å². The largest absolute Gasteiger partial charge is 0.497 e. The minimum atomic E-state index is -1.22. The van der Waals surface area contributed by atoms with E-state index in [0.29, 0.717) is 12.2 Å². The first kappa shape index (κ1) is 18.4. The highest BCUT2D eigenvalue weighted by atomic mass is 16.5. The molecule has 0 unspecified atom stereocenters. The smallest absolute Gasteiger partial charge is 0.344 e. The predicted octanol–water partition coefficient (Wildman–Crippen LogP) is 1.98. The Morgan fingerprint density at radius 1 is 1.32 bits per heavy atom. The van der Waals surface area contributed by atoms with Crippen LogP contribution in [-0.4, -0.2) is 47.5 Å². The van der Waals surface area contributed by atoms with Crippen LogP contribution in [0.1, 0.15) is 24.8 Å². The normalized spacial score (nSPS) is 18.8. The van der Waals surface area contributed by atoms with Crippen molar-refractivity contribution in [1.82, 2.24) is 4.90 Å². The van der Waals surface area contributed by atoms with Crippen molar-refractivity contribution in [3.63, 3.8) is 0 Å². The minimum Gasteiger partial charge on any atom is -0.497 e. The van der Waals surface area contributed by atoms with Crippen molar-refractivity contribution in [2.75, 3.05) is 14.2 Å². The third-order valence-electron chi connectivity index (χ3n) is 4.28. The molecule has 2 rings (SSSR count). The number of ether oxygens (including phenoxy) is 2. The summed E-state index contributed by atoms with van der Waals surface area (Å²) >= 11 is 0. The Hall–Kier alpha value is -2.92. The quantitative estimate of drug-likeness (QED) is 0.259. The maximum Gasteiger partial charge on any atom is 0.344 e. The molecule has 0 aromatic heterocycles. The van der Waals surface area contributed by atoms with Gasteiger partial charge in [-0.1, -0.05) is 24.3 Å². The lowest BCUT2D eigenvalue weighted by atomic mass is 9.85. The van der Waals surface area contributed by atoms with E-state index < -0.39 is 17.4 Å². The summed E-state index contributed by atoms with van der Waals surface area (Å²) in [6, 6.07) is 7.18. The van der Waals surface area contributed by atoms with Crippen LogP contribution in [0.2, 0.25) is 0 Å². The Morgan fingerprint density at radius 2 is 2.04 bits per heavy atom. The van der Waals surface area contributed by atoms with Gasteiger partial charge in [0.25, 0.3) is 0 Å². The van der Waals surface area contributed by atoms with Gasteiger partial charge in [0.15, 0.2) is 5.54 Å². The Morgan fingerprint density at radius 3 is 2.56 bits per heavy atom. The molecule has 132 valence electrons. The molecule has 1 aliphatic carbocycles. The Bertz CT molecular complexity index is 708. The lowest BCUT2D eigenvalue weighted by Crippen LogP contribution is -2.57. The molecule has 1 amide bonds. The number of carbonyl (C=O) groups is 2. The highest BCUT2D eigenvalue weighted by Gasteiger charge is 2.46. The summed E-state index contributed by atoms with van der Waals surface area (Å²) in [5.41, 5.74) is 8.36. The van der Waals surface area contributed by atoms with E-state index in [4.69, 9.17) is 15.0 Å². The molecular weight excluding hydrogens is 322 g/mol. The van der Waals surface area contributed by atoms with E-state index in [1.54, 1.807) is 25.3 Å². The molecule has 25 heavy (non-hydrogen) atoms. The molecule has 0 saturated carbocycles. The number of amides is 1. The Balaban J connectivity index is 2.44. The van der Waals surface area contributed by atoms with E-state index >= 15 is 0 Å². The van der Waals surface area contributed by atoms with Gasteiger partial charge in [-0.25, -0.2) is 4.79 Å². The van der Waals surface area contributed by atoms with Gasteiger partial charge in [-0.3, -0.25) is 4.79 Å². The van der Waals surface area contributed by atoms with Crippen LogP contribution in [0.15, 0.2) is 36.4 Å². The highest BCUT2D eigenvalue weighted by molar-refractivity contribution is 6.24. The maximum absolute atomic E-state index is 12.5. The molecule has 7 heteroatoms. The molecule has 1 aromatic carbocycles. The van der Waals surface area contributed by atoms with Crippen molar-refractivity contribution in [2.24, 2.45) is 0 Å². The summed E-state index contributed by atoms with van der Waals surface area (Å²) in [6.45, 7) is 0.161. The van der Waals surface area contributed by atoms with Crippen molar-refractivity contribution in [3.8, 4) is 5.75 Å². The number of rotatable bonds is 6. The number of nitrogens with zero attached hydrogens (tertiary/aromatic N) is 3. The molecular formula is C18H21N3O4. The van der Waals surface area contributed by atoms with E-state index in [2.05, 4.69) is 4.79 Å². The van der Waals surface area contributed by atoms with Gasteiger partial charge in [0, 0.05) is 6.54 Å². The number of hydrogen-bond donors (Lipinski definition) is 0. The minimum absolute atomic E-state index is 0.161. The van der Waals surface area contributed by atoms with E-state index in [-0.39, 0.29) is 6.54 Å². The molecule has 1 aliphatic rings. The second-order valence-corrected chi connectivity index (χ2v) is 5.73. The second-order valence-electron chi connectivity index (χ2n) is 5.73. The SMILES string of the molecule is COC(=O)[C@@]1(N(Cc2ccc(OC)cc2)C(=O)C=[N+]=[N-])C=CCCC1.